The molecule has 3 saturated heterocycles. The van der Waals surface area contributed by atoms with E-state index in [9.17, 15) is 19.5 Å². The van der Waals surface area contributed by atoms with Gasteiger partial charge in [-0.2, -0.15) is 0 Å². The molecule has 14 nitrogen and oxygen atoms in total. The second-order valence-corrected chi connectivity index (χ2v) is 12.5. The van der Waals surface area contributed by atoms with Crippen LogP contribution in [0.1, 0.15) is 26.7 Å². The van der Waals surface area contributed by atoms with Crippen LogP contribution in [0.5, 0.6) is 0 Å². The third kappa shape index (κ3) is 5.12. The van der Waals surface area contributed by atoms with Gasteiger partial charge in [0.25, 0.3) is 0 Å². The summed E-state index contributed by atoms with van der Waals surface area (Å²) >= 11 is 1.65. The number of nitrogens with zero attached hydrogens (tertiary/aromatic N) is 7. The number of amides is 3. The number of carbonyl (C=O) groups excluding carboxylic acids is 3. The number of fused-ring (bicyclic) bond motifs is 1. The number of hydrogen-bond donors (Lipinski definition) is 4. The summed E-state index contributed by atoms with van der Waals surface area (Å²) in [6.45, 7) is 5.59. The number of β-lactam (4-membered cyclic amide) rings is 1. The van der Waals surface area contributed by atoms with Gasteiger partial charge in [0.15, 0.2) is 0 Å². The Bertz CT molecular complexity index is 1160. The Labute approximate surface area is 231 Å². The molecule has 0 aliphatic carbocycles. The normalized spacial score (nSPS) is 31.0. The topological polar surface area (TPSA) is 175 Å². The van der Waals surface area contributed by atoms with Crippen LogP contribution in [0.15, 0.2) is 10.6 Å². The smallest absolute Gasteiger partial charge is 0.245 e. The van der Waals surface area contributed by atoms with E-state index in [1.54, 1.807) is 35.7 Å². The zero-order valence-corrected chi connectivity index (χ0v) is 23.6. The van der Waals surface area contributed by atoms with Gasteiger partial charge in [-0.3, -0.25) is 14.4 Å². The van der Waals surface area contributed by atoms with Gasteiger partial charge in [0.05, 0.1) is 30.3 Å². The highest BCUT2D eigenvalue weighted by molar-refractivity contribution is 8.03. The standard InChI is InChI=1S/C24H38N10O4S/c1-12-20-19(13(2)27-18(36)10-33-24(31(3)4)28-29-30-33)23(38)34(20)17(11-35)21(12)39-15-7-16(26-8-15)22(37)32-6-5-14(25)9-32/h12-16,19-20,26,35H,5-11,25H2,1-4H3,(H,27,36)/t12-,13-,14-,15+,16+,19-,20-/m1/s1. The fraction of sp³-hybridized carbons (Fsp3) is 0.750. The predicted octanol–water partition coefficient (Wildman–Crippen LogP) is -2.05. The second kappa shape index (κ2) is 11.0. The van der Waals surface area contributed by atoms with Crippen molar-refractivity contribution in [3.8, 4) is 0 Å². The average molecular weight is 563 g/mol. The number of tetrazole rings is 1. The molecule has 214 valence electrons. The van der Waals surface area contributed by atoms with Crippen LogP contribution in [0.4, 0.5) is 5.95 Å². The van der Waals surface area contributed by atoms with E-state index in [4.69, 9.17) is 5.73 Å². The van der Waals surface area contributed by atoms with Gasteiger partial charge in [0, 0.05) is 61.9 Å². The summed E-state index contributed by atoms with van der Waals surface area (Å²) < 4.78 is 1.40. The molecular weight excluding hydrogens is 524 g/mol. The van der Waals surface area contributed by atoms with Crippen molar-refractivity contribution >= 4 is 35.4 Å². The quantitative estimate of drug-likeness (QED) is 0.244. The number of nitrogens with one attached hydrogen (secondary N) is 2. The predicted molar refractivity (Wildman–Crippen MR) is 144 cm³/mol. The number of anilines is 1. The molecule has 1 aromatic rings. The van der Waals surface area contributed by atoms with E-state index in [2.05, 4.69) is 33.1 Å². The van der Waals surface area contributed by atoms with Crippen molar-refractivity contribution in [3.05, 3.63) is 10.6 Å². The third-order valence-electron chi connectivity index (χ3n) is 8.19. The van der Waals surface area contributed by atoms with Crippen molar-refractivity contribution in [2.24, 2.45) is 17.6 Å². The highest BCUT2D eigenvalue weighted by Gasteiger charge is 2.58. The van der Waals surface area contributed by atoms with Crippen LogP contribution in [0.2, 0.25) is 0 Å². The number of rotatable bonds is 9. The molecule has 3 amide bonds. The Morgan fingerprint density at radius 1 is 1.36 bits per heavy atom. The highest BCUT2D eigenvalue weighted by Crippen LogP contribution is 2.51. The average Bonchev–Trinajstić information content (AvgIpc) is 3.67. The van der Waals surface area contributed by atoms with Crippen LogP contribution in [-0.4, -0.2) is 123 Å². The first-order chi connectivity index (χ1) is 18.6. The Balaban J connectivity index is 1.19. The highest BCUT2D eigenvalue weighted by atomic mass is 32.2. The summed E-state index contributed by atoms with van der Waals surface area (Å²) in [7, 11) is 3.58. The maximum Gasteiger partial charge on any atom is 0.245 e. The summed E-state index contributed by atoms with van der Waals surface area (Å²) in [6.07, 6.45) is 1.52. The summed E-state index contributed by atoms with van der Waals surface area (Å²) in [5.41, 5.74) is 6.62. The second-order valence-electron chi connectivity index (χ2n) is 11.1. The first-order valence-electron chi connectivity index (χ1n) is 13.4. The van der Waals surface area contributed by atoms with Gasteiger partial charge in [-0.15, -0.1) is 11.8 Å². The first kappa shape index (κ1) is 27.8. The minimum absolute atomic E-state index is 0.00499. The molecule has 0 unspecified atom stereocenters. The summed E-state index contributed by atoms with van der Waals surface area (Å²) in [4.78, 5) is 45.2. The minimum Gasteiger partial charge on any atom is -0.390 e. The lowest BCUT2D eigenvalue weighted by atomic mass is 9.78. The lowest BCUT2D eigenvalue weighted by Gasteiger charge is -2.48. The minimum atomic E-state index is -0.403. The molecule has 39 heavy (non-hydrogen) atoms. The SMILES string of the molecule is C[C@@H](NC(=O)Cn1nnnc1N(C)C)[C@H]1C(=O)N2C(CO)=C(S[C@@H]3CN[C@H](C(=O)N4CC[C@@H](N)C4)C3)[C@H](C)[C@H]12. The van der Waals surface area contributed by atoms with Crippen LogP contribution in [0.25, 0.3) is 0 Å². The monoisotopic (exact) mass is 562 g/mol. The number of nitrogens with two attached hydrogens (primary N) is 1. The number of thioether (sulfide) groups is 1. The number of carbonyl (C=O) groups is 3. The summed E-state index contributed by atoms with van der Waals surface area (Å²) in [6, 6.07) is -0.730. The third-order valence-corrected chi connectivity index (χ3v) is 9.75. The number of aromatic nitrogens is 4. The Kier molecular flexibility index (Phi) is 7.86. The fourth-order valence-corrected chi connectivity index (χ4v) is 7.75. The molecule has 0 bridgehead atoms. The molecule has 4 aliphatic rings. The van der Waals surface area contributed by atoms with Gasteiger partial charge in [0.2, 0.25) is 23.7 Å². The van der Waals surface area contributed by atoms with E-state index in [0.717, 1.165) is 11.3 Å². The van der Waals surface area contributed by atoms with Crippen LogP contribution < -0.4 is 21.3 Å². The molecule has 15 heteroatoms. The first-order valence-corrected chi connectivity index (χ1v) is 14.3. The van der Waals surface area contributed by atoms with Crippen molar-refractivity contribution in [2.45, 2.75) is 62.7 Å². The van der Waals surface area contributed by atoms with Gasteiger partial charge in [-0.05, 0) is 30.2 Å². The molecule has 5 heterocycles. The zero-order chi connectivity index (χ0) is 28.0. The van der Waals surface area contributed by atoms with Gasteiger partial charge < -0.3 is 36.2 Å². The maximum atomic E-state index is 13.2. The lowest BCUT2D eigenvalue weighted by Crippen LogP contribution is -2.66. The van der Waals surface area contributed by atoms with Gasteiger partial charge in [-0.1, -0.05) is 12.0 Å². The van der Waals surface area contributed by atoms with E-state index in [1.165, 1.54) is 4.68 Å². The van der Waals surface area contributed by atoms with Gasteiger partial charge in [-0.25, -0.2) is 4.68 Å². The van der Waals surface area contributed by atoms with Crippen molar-refractivity contribution < 1.29 is 19.5 Å². The van der Waals surface area contributed by atoms with E-state index in [1.807, 2.05) is 11.8 Å². The molecule has 0 saturated carbocycles. The lowest BCUT2D eigenvalue weighted by molar-refractivity contribution is -0.155. The Hall–Kier alpha value is -2.75. The Morgan fingerprint density at radius 2 is 2.13 bits per heavy atom. The Morgan fingerprint density at radius 3 is 2.79 bits per heavy atom. The summed E-state index contributed by atoms with van der Waals surface area (Å²) in [5, 5.41) is 28.1. The molecule has 4 aliphatic heterocycles. The van der Waals surface area contributed by atoms with Crippen LogP contribution in [-0.2, 0) is 20.9 Å². The molecular formula is C24H38N10O4S. The molecule has 0 spiro atoms. The molecule has 1 aromatic heterocycles. The van der Waals surface area contributed by atoms with Gasteiger partial charge >= 0.3 is 0 Å². The number of likely N-dealkylation sites (tertiary alicyclic amines) is 1. The largest absolute Gasteiger partial charge is 0.390 e. The van der Waals surface area contributed by atoms with Crippen LogP contribution in [0, 0.1) is 11.8 Å². The van der Waals surface area contributed by atoms with E-state index >= 15 is 0 Å². The number of aliphatic hydroxyl groups excluding tert-OH is 1. The van der Waals surface area contributed by atoms with Crippen molar-refractivity contribution in [1.29, 1.82) is 0 Å². The number of aliphatic hydroxyl groups is 1. The molecule has 5 N–H and O–H groups in total. The van der Waals surface area contributed by atoms with Crippen molar-refractivity contribution in [1.82, 2.24) is 40.6 Å². The van der Waals surface area contributed by atoms with E-state index in [-0.39, 0.29) is 60.2 Å². The molecule has 3 fully saturated rings. The maximum absolute atomic E-state index is 13.2. The molecule has 7 atom stereocenters. The molecule has 0 radical (unpaired) electrons. The summed E-state index contributed by atoms with van der Waals surface area (Å²) in [5.74, 6) is -0.220. The van der Waals surface area contributed by atoms with E-state index < -0.39 is 12.0 Å². The number of hydrogen-bond acceptors (Lipinski definition) is 11. The van der Waals surface area contributed by atoms with Crippen LogP contribution >= 0.6 is 11.8 Å². The van der Waals surface area contributed by atoms with E-state index in [0.29, 0.717) is 37.7 Å². The molecule has 0 aromatic carbocycles. The van der Waals surface area contributed by atoms with Crippen LogP contribution in [0.3, 0.4) is 0 Å². The van der Waals surface area contributed by atoms with Gasteiger partial charge in [0.1, 0.15) is 6.54 Å². The zero-order valence-electron chi connectivity index (χ0n) is 22.8. The van der Waals surface area contributed by atoms with Crippen molar-refractivity contribution in [2.75, 3.05) is 45.2 Å². The van der Waals surface area contributed by atoms with Crippen molar-refractivity contribution in [3.63, 3.8) is 0 Å². The molecule has 5 rings (SSSR count). The fourth-order valence-electron chi connectivity index (χ4n) is 6.27.